The second-order valence-electron chi connectivity index (χ2n) is 7.76. The molecule has 0 aromatic heterocycles. The van der Waals surface area contributed by atoms with Crippen molar-refractivity contribution in [3.05, 3.63) is 0 Å². The quantitative estimate of drug-likeness (QED) is 0.498. The van der Waals surface area contributed by atoms with Gasteiger partial charge in [-0.05, 0) is 32.5 Å². The van der Waals surface area contributed by atoms with Crippen LogP contribution in [0.4, 0.5) is 0 Å². The van der Waals surface area contributed by atoms with Gasteiger partial charge < -0.3 is 14.9 Å². The first-order valence-electron chi connectivity index (χ1n) is 8.84. The summed E-state index contributed by atoms with van der Waals surface area (Å²) in [5.41, 5.74) is 0. The average Bonchev–Trinajstić information content (AvgIpc) is 2.51. The summed E-state index contributed by atoms with van der Waals surface area (Å²) in [5, 5.41) is 12.9. The van der Waals surface area contributed by atoms with Crippen LogP contribution in [0.2, 0.25) is 11.6 Å². The normalized spacial score (nSPS) is 36.0. The molecule has 0 aromatic rings. The maximum atomic E-state index is 13.5. The van der Waals surface area contributed by atoms with E-state index in [0.29, 0.717) is 30.7 Å². The van der Waals surface area contributed by atoms with E-state index in [0.717, 1.165) is 32.5 Å². The van der Waals surface area contributed by atoms with E-state index in [9.17, 15) is 9.67 Å². The smallest absolute Gasteiger partial charge is 0.345 e. The molecule has 2 saturated heterocycles. The average molecular weight is 343 g/mol. The first-order chi connectivity index (χ1) is 10.8. The Kier molecular flexibility index (Phi) is 7.20. The summed E-state index contributed by atoms with van der Waals surface area (Å²) in [6, 6.07) is 0. The molecule has 0 aromatic carbocycles. The molecule has 2 fully saturated rings. The third-order valence-electron chi connectivity index (χ3n) is 4.99. The topological polar surface area (TPSA) is 65.0 Å². The molecule has 0 saturated carbocycles. The number of hydrogen-bond donors (Lipinski definition) is 2. The Bertz CT molecular complexity index is 430. The summed E-state index contributed by atoms with van der Waals surface area (Å²) in [4.78, 5) is 0. The van der Waals surface area contributed by atoms with Crippen molar-refractivity contribution < 1.29 is 14.2 Å². The van der Waals surface area contributed by atoms with Crippen molar-refractivity contribution in [3.8, 4) is 0 Å². The van der Waals surface area contributed by atoms with Crippen LogP contribution < -0.4 is 5.32 Å². The van der Waals surface area contributed by atoms with Crippen LogP contribution in [0.15, 0.2) is 0 Å². The number of rotatable bonds is 6. The number of nitrogens with zero attached hydrogens (tertiary/aromatic N) is 2. The van der Waals surface area contributed by atoms with Gasteiger partial charge in [-0.2, -0.15) is 0 Å². The van der Waals surface area contributed by atoms with E-state index < -0.39 is 7.67 Å². The largest absolute Gasteiger partial charge is 0.396 e. The molecule has 2 heterocycles. The Morgan fingerprint density at radius 2 is 1.91 bits per heavy atom. The predicted molar refractivity (Wildman–Crippen MR) is 99.6 cm³/mol. The standard InChI is InChI=1S/C14H32B2N3O3P/c1-18(2)23(21,19-7-12(9-20)4-14(16)8-19)22-10-11-3-13(15)6-17-5-11/h11-14,17,20H,3-10,15-16H2,1-2H3. The van der Waals surface area contributed by atoms with Gasteiger partial charge in [0, 0.05) is 26.2 Å². The number of hydrogen-bond acceptors (Lipinski definition) is 4. The number of piperidine rings is 2. The molecule has 5 unspecified atom stereocenters. The minimum absolute atomic E-state index is 0.151. The molecule has 0 radical (unpaired) electrons. The van der Waals surface area contributed by atoms with Crippen molar-refractivity contribution in [2.45, 2.75) is 24.5 Å². The highest BCUT2D eigenvalue weighted by Crippen LogP contribution is 2.55. The fourth-order valence-electron chi connectivity index (χ4n) is 3.84. The summed E-state index contributed by atoms with van der Waals surface area (Å²) >= 11 is 0. The fraction of sp³-hybridized carbons (Fsp3) is 1.00. The van der Waals surface area contributed by atoms with Crippen molar-refractivity contribution in [2.24, 2.45) is 11.8 Å². The van der Waals surface area contributed by atoms with E-state index in [1.165, 1.54) is 0 Å². The van der Waals surface area contributed by atoms with Gasteiger partial charge in [-0.3, -0.25) is 4.57 Å². The molecule has 2 aliphatic heterocycles. The van der Waals surface area contributed by atoms with Crippen molar-refractivity contribution in [2.75, 3.05) is 53.5 Å². The van der Waals surface area contributed by atoms with Crippen LogP contribution in [0.3, 0.4) is 0 Å². The number of nitrogens with one attached hydrogen (secondary N) is 1. The molecule has 0 bridgehead atoms. The monoisotopic (exact) mass is 343 g/mol. The highest BCUT2D eigenvalue weighted by molar-refractivity contribution is 7.53. The van der Waals surface area contributed by atoms with Crippen LogP contribution >= 0.6 is 7.67 Å². The zero-order chi connectivity index (χ0) is 17.0. The van der Waals surface area contributed by atoms with Crippen molar-refractivity contribution in [3.63, 3.8) is 0 Å². The number of aliphatic hydroxyl groups excluding tert-OH is 1. The summed E-state index contributed by atoms with van der Waals surface area (Å²) in [6.45, 7) is 4.10. The van der Waals surface area contributed by atoms with Crippen LogP contribution in [0.1, 0.15) is 12.8 Å². The highest BCUT2D eigenvalue weighted by Gasteiger charge is 2.40. The van der Waals surface area contributed by atoms with Gasteiger partial charge in [0.2, 0.25) is 0 Å². The van der Waals surface area contributed by atoms with Gasteiger partial charge in [-0.15, -0.1) is 0 Å². The van der Waals surface area contributed by atoms with E-state index in [4.69, 9.17) is 4.52 Å². The lowest BCUT2D eigenvalue weighted by Crippen LogP contribution is -2.42. The van der Waals surface area contributed by atoms with Crippen LogP contribution in [-0.4, -0.2) is 83.6 Å². The van der Waals surface area contributed by atoms with Gasteiger partial charge in [0.25, 0.3) is 0 Å². The molecule has 2 rings (SSSR count). The molecule has 9 heteroatoms. The van der Waals surface area contributed by atoms with Gasteiger partial charge >= 0.3 is 7.67 Å². The molecule has 23 heavy (non-hydrogen) atoms. The van der Waals surface area contributed by atoms with Gasteiger partial charge in [-0.1, -0.05) is 24.5 Å². The molecule has 132 valence electrons. The van der Waals surface area contributed by atoms with E-state index >= 15 is 0 Å². The molecule has 2 aliphatic rings. The SMILES string of the molecule is BC1CNCC(COP(=O)(N(C)C)N2CC(B)CC(CO)C2)C1. The summed E-state index contributed by atoms with van der Waals surface area (Å²) in [5.74, 6) is 1.67. The Labute approximate surface area is 142 Å². The van der Waals surface area contributed by atoms with Crippen molar-refractivity contribution in [1.29, 1.82) is 0 Å². The first kappa shape index (κ1) is 19.5. The Balaban J connectivity index is 2.01. The van der Waals surface area contributed by atoms with Gasteiger partial charge in [0.1, 0.15) is 15.7 Å². The Hall–Kier alpha value is 0.160. The van der Waals surface area contributed by atoms with E-state index in [-0.39, 0.29) is 12.5 Å². The predicted octanol–water partition coefficient (Wildman–Crippen LogP) is -0.560. The maximum Gasteiger partial charge on any atom is 0.345 e. The van der Waals surface area contributed by atoms with Crippen LogP contribution in [0, 0.1) is 11.8 Å². The van der Waals surface area contributed by atoms with Gasteiger partial charge in [-0.25, -0.2) is 9.34 Å². The lowest BCUT2D eigenvalue weighted by atomic mass is 9.77. The molecule has 0 amide bonds. The Morgan fingerprint density at radius 3 is 2.52 bits per heavy atom. The molecule has 6 nitrogen and oxygen atoms in total. The highest BCUT2D eigenvalue weighted by atomic mass is 31.2. The molecular formula is C14H32B2N3O3P. The lowest BCUT2D eigenvalue weighted by molar-refractivity contribution is 0.130. The molecular weight excluding hydrogens is 311 g/mol. The third-order valence-corrected chi connectivity index (χ3v) is 7.53. The third kappa shape index (κ3) is 5.07. The molecule has 5 atom stereocenters. The zero-order valence-corrected chi connectivity index (χ0v) is 16.0. The van der Waals surface area contributed by atoms with E-state index in [1.807, 2.05) is 18.8 Å². The minimum atomic E-state index is -3.01. The maximum absolute atomic E-state index is 13.5. The zero-order valence-electron chi connectivity index (χ0n) is 15.1. The lowest BCUT2D eigenvalue weighted by Gasteiger charge is -2.42. The van der Waals surface area contributed by atoms with Gasteiger partial charge in [0.15, 0.2) is 0 Å². The van der Waals surface area contributed by atoms with Crippen LogP contribution in [-0.2, 0) is 9.09 Å². The number of aliphatic hydroxyl groups is 1. The molecule has 0 spiro atoms. The summed E-state index contributed by atoms with van der Waals surface area (Å²) < 4.78 is 23.3. The van der Waals surface area contributed by atoms with Crippen LogP contribution in [0.25, 0.3) is 0 Å². The molecule has 0 aliphatic carbocycles. The van der Waals surface area contributed by atoms with Gasteiger partial charge in [0.05, 0.1) is 6.61 Å². The van der Waals surface area contributed by atoms with Crippen LogP contribution in [0.5, 0.6) is 0 Å². The Morgan fingerprint density at radius 1 is 1.22 bits per heavy atom. The summed E-state index contributed by atoms with van der Waals surface area (Å²) in [7, 11) is 5.04. The van der Waals surface area contributed by atoms with Crippen molar-refractivity contribution >= 4 is 23.4 Å². The molecule has 2 N–H and O–H groups in total. The first-order valence-corrected chi connectivity index (χ1v) is 10.4. The van der Waals surface area contributed by atoms with Crippen molar-refractivity contribution in [1.82, 2.24) is 14.7 Å². The minimum Gasteiger partial charge on any atom is -0.396 e. The fourth-order valence-corrected chi connectivity index (χ4v) is 6.07. The second kappa shape index (κ2) is 8.50. The summed E-state index contributed by atoms with van der Waals surface area (Å²) in [6.07, 6.45) is 2.11. The van der Waals surface area contributed by atoms with E-state index in [2.05, 4.69) is 21.0 Å². The van der Waals surface area contributed by atoms with E-state index in [1.54, 1.807) is 4.67 Å². The second-order valence-corrected chi connectivity index (χ2v) is 10.4.